The molecule has 100 valence electrons. The fourth-order valence-electron chi connectivity index (χ4n) is 1.61. The van der Waals surface area contributed by atoms with E-state index in [2.05, 4.69) is 22.1 Å². The van der Waals surface area contributed by atoms with E-state index in [1.54, 1.807) is 38.2 Å². The Morgan fingerprint density at radius 1 is 1.11 bits per heavy atom. The normalized spacial score (nSPS) is 10.9. The van der Waals surface area contributed by atoms with Crippen molar-refractivity contribution in [3.05, 3.63) is 53.9 Å². The predicted octanol–water partition coefficient (Wildman–Crippen LogP) is 3.06. The molecule has 0 atom stereocenters. The zero-order chi connectivity index (χ0) is 13.5. The molecule has 0 aliphatic carbocycles. The van der Waals surface area contributed by atoms with Crippen LogP contribution in [0.25, 0.3) is 0 Å². The number of thioether (sulfide) groups is 1. The first kappa shape index (κ1) is 14.0. The number of aromatic nitrogens is 2. The lowest BCUT2D eigenvalue weighted by atomic mass is 10.2. The first-order chi connectivity index (χ1) is 9.33. The SMILES string of the molecule is COC(OC)c1ccnc(SCc2ccccc2)n1. The molecule has 0 unspecified atom stereocenters. The molecule has 1 aromatic carbocycles. The maximum absolute atomic E-state index is 5.18. The minimum absolute atomic E-state index is 0.445. The summed E-state index contributed by atoms with van der Waals surface area (Å²) in [7, 11) is 3.18. The molecule has 0 saturated heterocycles. The molecule has 1 aromatic heterocycles. The highest BCUT2D eigenvalue weighted by Gasteiger charge is 2.11. The third-order valence-electron chi connectivity index (χ3n) is 2.54. The summed E-state index contributed by atoms with van der Waals surface area (Å²) in [6, 6.07) is 12.0. The molecule has 0 fully saturated rings. The van der Waals surface area contributed by atoms with Gasteiger partial charge in [-0.3, -0.25) is 0 Å². The number of methoxy groups -OCH3 is 2. The van der Waals surface area contributed by atoms with E-state index < -0.39 is 6.29 Å². The maximum Gasteiger partial charge on any atom is 0.200 e. The van der Waals surface area contributed by atoms with E-state index >= 15 is 0 Å². The lowest BCUT2D eigenvalue weighted by Crippen LogP contribution is -2.06. The van der Waals surface area contributed by atoms with E-state index in [1.807, 2.05) is 18.2 Å². The van der Waals surface area contributed by atoms with Gasteiger partial charge in [0.1, 0.15) is 5.69 Å². The lowest BCUT2D eigenvalue weighted by Gasteiger charge is -2.12. The molecule has 0 radical (unpaired) electrons. The molecule has 19 heavy (non-hydrogen) atoms. The zero-order valence-electron chi connectivity index (χ0n) is 10.9. The summed E-state index contributed by atoms with van der Waals surface area (Å²) < 4.78 is 10.4. The topological polar surface area (TPSA) is 44.2 Å². The Morgan fingerprint density at radius 3 is 2.53 bits per heavy atom. The minimum Gasteiger partial charge on any atom is -0.350 e. The first-order valence-electron chi connectivity index (χ1n) is 5.88. The van der Waals surface area contributed by atoms with Crippen molar-refractivity contribution < 1.29 is 9.47 Å². The Bertz CT molecular complexity index is 504. The van der Waals surface area contributed by atoms with Crippen molar-refractivity contribution in [3.63, 3.8) is 0 Å². The van der Waals surface area contributed by atoms with Crippen molar-refractivity contribution in [1.82, 2.24) is 9.97 Å². The van der Waals surface area contributed by atoms with Gasteiger partial charge in [-0.1, -0.05) is 42.1 Å². The molecule has 0 amide bonds. The average molecular weight is 276 g/mol. The Labute approximate surface area is 117 Å². The molecule has 2 aromatic rings. The van der Waals surface area contributed by atoms with Crippen molar-refractivity contribution in [1.29, 1.82) is 0 Å². The first-order valence-corrected chi connectivity index (χ1v) is 6.87. The molecule has 0 saturated carbocycles. The quantitative estimate of drug-likeness (QED) is 0.461. The van der Waals surface area contributed by atoms with Crippen LogP contribution in [0.1, 0.15) is 17.5 Å². The molecule has 4 nitrogen and oxygen atoms in total. The maximum atomic E-state index is 5.18. The number of hydrogen-bond acceptors (Lipinski definition) is 5. The number of benzene rings is 1. The van der Waals surface area contributed by atoms with Gasteiger partial charge in [0.2, 0.25) is 6.29 Å². The molecule has 1 heterocycles. The highest BCUT2D eigenvalue weighted by atomic mass is 32.2. The van der Waals surface area contributed by atoms with E-state index in [0.29, 0.717) is 0 Å². The summed E-state index contributed by atoms with van der Waals surface area (Å²) >= 11 is 1.59. The Kier molecular flexibility index (Phi) is 5.32. The summed E-state index contributed by atoms with van der Waals surface area (Å²) in [4.78, 5) is 8.68. The second kappa shape index (κ2) is 7.23. The molecule has 2 rings (SSSR count). The molecule has 0 bridgehead atoms. The van der Waals surface area contributed by atoms with E-state index in [4.69, 9.17) is 9.47 Å². The van der Waals surface area contributed by atoms with Gasteiger partial charge in [0.05, 0.1) is 0 Å². The number of rotatable bonds is 6. The van der Waals surface area contributed by atoms with Crippen LogP contribution in [-0.4, -0.2) is 24.2 Å². The van der Waals surface area contributed by atoms with Crippen LogP contribution in [0.15, 0.2) is 47.8 Å². The highest BCUT2D eigenvalue weighted by molar-refractivity contribution is 7.98. The molecule has 0 aliphatic rings. The van der Waals surface area contributed by atoms with Crippen molar-refractivity contribution in [3.8, 4) is 0 Å². The van der Waals surface area contributed by atoms with Crippen LogP contribution in [0.5, 0.6) is 0 Å². The van der Waals surface area contributed by atoms with Gasteiger partial charge in [0, 0.05) is 26.2 Å². The summed E-state index contributed by atoms with van der Waals surface area (Å²) in [5.74, 6) is 0.842. The Morgan fingerprint density at radius 2 is 1.84 bits per heavy atom. The van der Waals surface area contributed by atoms with Crippen molar-refractivity contribution >= 4 is 11.8 Å². The molecule has 0 spiro atoms. The van der Waals surface area contributed by atoms with Gasteiger partial charge in [-0.2, -0.15) is 0 Å². The Balaban J connectivity index is 2.03. The average Bonchev–Trinajstić information content (AvgIpc) is 2.48. The summed E-state index contributed by atoms with van der Waals surface area (Å²) in [6.45, 7) is 0. The summed E-state index contributed by atoms with van der Waals surface area (Å²) in [5, 5.41) is 0.723. The van der Waals surface area contributed by atoms with Crippen LogP contribution in [0.4, 0.5) is 0 Å². The van der Waals surface area contributed by atoms with Crippen LogP contribution in [-0.2, 0) is 15.2 Å². The van der Waals surface area contributed by atoms with Crippen molar-refractivity contribution in [2.24, 2.45) is 0 Å². The van der Waals surface area contributed by atoms with Gasteiger partial charge < -0.3 is 9.47 Å². The fourth-order valence-corrected chi connectivity index (χ4v) is 2.41. The van der Waals surface area contributed by atoms with Crippen LogP contribution in [0.3, 0.4) is 0 Å². The molecular weight excluding hydrogens is 260 g/mol. The fraction of sp³-hybridized carbons (Fsp3) is 0.286. The largest absolute Gasteiger partial charge is 0.350 e. The third-order valence-corrected chi connectivity index (χ3v) is 3.47. The standard InChI is InChI=1S/C14H16N2O2S/c1-17-13(18-2)12-8-9-15-14(16-12)19-10-11-6-4-3-5-7-11/h3-9,13H,10H2,1-2H3. The van der Waals surface area contributed by atoms with Gasteiger partial charge in [-0.05, 0) is 11.6 Å². The number of hydrogen-bond donors (Lipinski definition) is 0. The monoisotopic (exact) mass is 276 g/mol. The molecule has 0 aliphatic heterocycles. The van der Waals surface area contributed by atoms with Crippen LogP contribution in [0, 0.1) is 0 Å². The minimum atomic E-state index is -0.445. The van der Waals surface area contributed by atoms with E-state index in [1.165, 1.54) is 5.56 Å². The second-order valence-corrected chi connectivity index (χ2v) is 4.78. The Hall–Kier alpha value is -1.43. The van der Waals surface area contributed by atoms with E-state index in [-0.39, 0.29) is 0 Å². The molecule has 0 N–H and O–H groups in total. The van der Waals surface area contributed by atoms with Gasteiger partial charge >= 0.3 is 0 Å². The number of nitrogens with zero attached hydrogens (tertiary/aromatic N) is 2. The summed E-state index contributed by atoms with van der Waals surface area (Å²) in [6.07, 6.45) is 1.28. The third kappa shape index (κ3) is 4.02. The van der Waals surface area contributed by atoms with Gasteiger partial charge in [-0.25, -0.2) is 9.97 Å². The van der Waals surface area contributed by atoms with Gasteiger partial charge in [-0.15, -0.1) is 0 Å². The van der Waals surface area contributed by atoms with Crippen molar-refractivity contribution in [2.45, 2.75) is 17.2 Å². The predicted molar refractivity (Wildman–Crippen MR) is 74.8 cm³/mol. The highest BCUT2D eigenvalue weighted by Crippen LogP contribution is 2.21. The van der Waals surface area contributed by atoms with Gasteiger partial charge in [0.25, 0.3) is 0 Å². The van der Waals surface area contributed by atoms with Crippen LogP contribution < -0.4 is 0 Å². The second-order valence-electron chi connectivity index (χ2n) is 3.84. The smallest absolute Gasteiger partial charge is 0.200 e. The van der Waals surface area contributed by atoms with Crippen LogP contribution in [0.2, 0.25) is 0 Å². The van der Waals surface area contributed by atoms with Crippen molar-refractivity contribution in [2.75, 3.05) is 14.2 Å². The van der Waals surface area contributed by atoms with E-state index in [9.17, 15) is 0 Å². The van der Waals surface area contributed by atoms with Crippen LogP contribution >= 0.6 is 11.8 Å². The molecule has 5 heteroatoms. The molecular formula is C14H16N2O2S. The lowest BCUT2D eigenvalue weighted by molar-refractivity contribution is -0.109. The number of ether oxygens (including phenoxy) is 2. The van der Waals surface area contributed by atoms with Gasteiger partial charge in [0.15, 0.2) is 5.16 Å². The summed E-state index contributed by atoms with van der Waals surface area (Å²) in [5.41, 5.74) is 1.98. The zero-order valence-corrected chi connectivity index (χ0v) is 11.8. The van der Waals surface area contributed by atoms with E-state index in [0.717, 1.165) is 16.6 Å².